The maximum Gasteiger partial charge on any atom is 0.103 e. The van der Waals surface area contributed by atoms with Crippen LogP contribution in [0.4, 0.5) is 0 Å². The molecule has 0 aliphatic carbocycles. The van der Waals surface area contributed by atoms with E-state index >= 15 is 0 Å². The van der Waals surface area contributed by atoms with Crippen molar-refractivity contribution in [1.82, 2.24) is 0 Å². The van der Waals surface area contributed by atoms with Gasteiger partial charge in [0.25, 0.3) is 0 Å². The van der Waals surface area contributed by atoms with Crippen LogP contribution in [-0.4, -0.2) is 24.7 Å². The molecule has 18 heavy (non-hydrogen) atoms. The van der Waals surface area contributed by atoms with Crippen molar-refractivity contribution >= 4 is 0 Å². The molecule has 2 rings (SSSR count). The van der Waals surface area contributed by atoms with E-state index in [1.807, 2.05) is 0 Å². The quantitative estimate of drug-likeness (QED) is 0.772. The van der Waals surface area contributed by atoms with E-state index in [0.29, 0.717) is 12.0 Å². The summed E-state index contributed by atoms with van der Waals surface area (Å²) in [5.41, 5.74) is 2.95. The average molecular weight is 248 g/mol. The zero-order chi connectivity index (χ0) is 13.5. The third kappa shape index (κ3) is 2.19. The second-order valence-electron chi connectivity index (χ2n) is 6.30. The minimum atomic E-state index is -0.656. The van der Waals surface area contributed by atoms with E-state index in [-0.39, 0.29) is 0 Å². The number of hydrogen-bond acceptors (Lipinski definition) is 1. The number of nitrogens with one attached hydrogen (secondary N) is 1. The first-order valence-electron chi connectivity index (χ1n) is 6.97. The van der Waals surface area contributed by atoms with Crippen molar-refractivity contribution in [1.29, 1.82) is 0 Å². The first-order valence-corrected chi connectivity index (χ1v) is 6.97. The fourth-order valence-electron chi connectivity index (χ4n) is 3.37. The zero-order valence-electron chi connectivity index (χ0n) is 12.2. The summed E-state index contributed by atoms with van der Waals surface area (Å²) in [6.45, 7) is 9.66. The second kappa shape index (κ2) is 4.67. The Bertz CT molecular complexity index is 443. The number of benzene rings is 1. The highest BCUT2D eigenvalue weighted by Crippen LogP contribution is 2.37. The van der Waals surface area contributed by atoms with Gasteiger partial charge in [-0.25, -0.2) is 0 Å². The average Bonchev–Trinajstić information content (AvgIpc) is 2.26. The molecule has 1 aromatic rings. The van der Waals surface area contributed by atoms with E-state index in [9.17, 15) is 5.11 Å². The smallest absolute Gasteiger partial charge is 0.103 e. The minimum absolute atomic E-state index is 0.301. The van der Waals surface area contributed by atoms with Crippen LogP contribution in [0.25, 0.3) is 0 Å². The summed E-state index contributed by atoms with van der Waals surface area (Å²) < 4.78 is 0. The van der Waals surface area contributed by atoms with Crippen LogP contribution in [0.5, 0.6) is 0 Å². The zero-order valence-corrected chi connectivity index (χ0v) is 12.2. The summed E-state index contributed by atoms with van der Waals surface area (Å²) in [7, 11) is 2.22. The molecule has 2 nitrogen and oxygen atoms in total. The highest BCUT2D eigenvalue weighted by molar-refractivity contribution is 5.35. The van der Waals surface area contributed by atoms with Crippen LogP contribution in [0.15, 0.2) is 18.2 Å². The van der Waals surface area contributed by atoms with Crippen LogP contribution >= 0.6 is 0 Å². The van der Waals surface area contributed by atoms with E-state index in [4.69, 9.17) is 0 Å². The topological polar surface area (TPSA) is 24.7 Å². The SMILES string of the molecule is Cc1ccc([C@]2(O)C[C@H](C)[NH+](C)C[C@@H]2C)c(C)c1. The van der Waals surface area contributed by atoms with E-state index in [1.54, 1.807) is 0 Å². The van der Waals surface area contributed by atoms with Gasteiger partial charge in [-0.05, 0) is 31.9 Å². The van der Waals surface area contributed by atoms with E-state index < -0.39 is 5.60 Å². The fraction of sp³-hybridized carbons (Fsp3) is 0.625. The Morgan fingerprint density at radius 2 is 1.94 bits per heavy atom. The lowest BCUT2D eigenvalue weighted by molar-refractivity contribution is -0.916. The van der Waals surface area contributed by atoms with Gasteiger partial charge in [0.2, 0.25) is 0 Å². The van der Waals surface area contributed by atoms with Crippen LogP contribution in [-0.2, 0) is 5.60 Å². The number of aliphatic hydroxyl groups is 1. The number of likely N-dealkylation sites (tertiary alicyclic amines) is 1. The fourth-order valence-corrected chi connectivity index (χ4v) is 3.37. The van der Waals surface area contributed by atoms with Gasteiger partial charge in [0.15, 0.2) is 0 Å². The molecule has 0 amide bonds. The third-order valence-corrected chi connectivity index (χ3v) is 4.75. The Kier molecular flexibility index (Phi) is 3.52. The molecule has 0 saturated carbocycles. The molecule has 1 aromatic carbocycles. The Morgan fingerprint density at radius 3 is 2.56 bits per heavy atom. The number of quaternary nitrogens is 1. The van der Waals surface area contributed by atoms with Crippen molar-refractivity contribution < 1.29 is 10.0 Å². The molecule has 4 atom stereocenters. The van der Waals surface area contributed by atoms with Gasteiger partial charge in [-0.15, -0.1) is 0 Å². The summed E-state index contributed by atoms with van der Waals surface area (Å²) in [6, 6.07) is 6.92. The number of hydrogen-bond donors (Lipinski definition) is 2. The van der Waals surface area contributed by atoms with E-state index in [0.717, 1.165) is 18.5 Å². The molecule has 1 saturated heterocycles. The summed E-state index contributed by atoms with van der Waals surface area (Å²) in [5.74, 6) is 0.301. The number of aryl methyl sites for hydroxylation is 2. The van der Waals surface area contributed by atoms with Gasteiger partial charge in [0.05, 0.1) is 19.6 Å². The molecule has 1 heterocycles. The molecular formula is C16H26NO+. The van der Waals surface area contributed by atoms with Crippen LogP contribution in [0.2, 0.25) is 0 Å². The lowest BCUT2D eigenvalue weighted by Gasteiger charge is -2.44. The summed E-state index contributed by atoms with van der Waals surface area (Å²) >= 11 is 0. The largest absolute Gasteiger partial charge is 0.384 e. The molecule has 2 heteroatoms. The predicted octanol–water partition coefficient (Wildman–Crippen LogP) is 1.43. The molecule has 100 valence electrons. The van der Waals surface area contributed by atoms with Crippen LogP contribution in [0.1, 0.15) is 37.0 Å². The van der Waals surface area contributed by atoms with Gasteiger partial charge in [-0.1, -0.05) is 30.7 Å². The van der Waals surface area contributed by atoms with Crippen LogP contribution < -0.4 is 4.90 Å². The highest BCUT2D eigenvalue weighted by Gasteiger charge is 2.45. The molecule has 0 radical (unpaired) electrons. The van der Waals surface area contributed by atoms with Gasteiger partial charge in [-0.2, -0.15) is 0 Å². The van der Waals surface area contributed by atoms with E-state index in [2.05, 4.69) is 52.9 Å². The van der Waals surface area contributed by atoms with Crippen LogP contribution in [0.3, 0.4) is 0 Å². The molecule has 1 unspecified atom stereocenters. The summed E-state index contributed by atoms with van der Waals surface area (Å²) in [5, 5.41) is 11.2. The third-order valence-electron chi connectivity index (χ3n) is 4.75. The lowest BCUT2D eigenvalue weighted by Crippen LogP contribution is -3.15. The highest BCUT2D eigenvalue weighted by atomic mass is 16.3. The number of piperidine rings is 1. The Balaban J connectivity index is 2.40. The lowest BCUT2D eigenvalue weighted by atomic mass is 9.73. The van der Waals surface area contributed by atoms with Crippen molar-refractivity contribution in [2.75, 3.05) is 13.6 Å². The van der Waals surface area contributed by atoms with Gasteiger partial charge in [0.1, 0.15) is 5.60 Å². The van der Waals surface area contributed by atoms with Crippen molar-refractivity contribution in [3.05, 3.63) is 34.9 Å². The molecule has 1 fully saturated rings. The summed E-state index contributed by atoms with van der Waals surface area (Å²) in [4.78, 5) is 1.52. The Hall–Kier alpha value is -0.860. The van der Waals surface area contributed by atoms with Crippen molar-refractivity contribution in [3.8, 4) is 0 Å². The standard InChI is InChI=1S/C16H25NO/c1-11-6-7-15(12(2)8-11)16(18)9-14(4)17(5)10-13(16)3/h6-8,13-14,18H,9-10H2,1-5H3/p+1/t13-,14-,16-/m0/s1. The maximum atomic E-state index is 11.2. The molecule has 0 spiro atoms. The summed E-state index contributed by atoms with van der Waals surface area (Å²) in [6.07, 6.45) is 0.851. The minimum Gasteiger partial charge on any atom is -0.384 e. The van der Waals surface area contributed by atoms with Gasteiger partial charge in [0, 0.05) is 12.3 Å². The van der Waals surface area contributed by atoms with Crippen molar-refractivity contribution in [3.63, 3.8) is 0 Å². The molecule has 0 aromatic heterocycles. The van der Waals surface area contributed by atoms with Crippen molar-refractivity contribution in [2.24, 2.45) is 5.92 Å². The molecule has 2 N–H and O–H groups in total. The normalized spacial score (nSPS) is 36.7. The number of rotatable bonds is 1. The van der Waals surface area contributed by atoms with Crippen LogP contribution in [0, 0.1) is 19.8 Å². The first-order chi connectivity index (χ1) is 8.34. The molecule has 1 aliphatic rings. The molecular weight excluding hydrogens is 222 g/mol. The monoisotopic (exact) mass is 248 g/mol. The van der Waals surface area contributed by atoms with Gasteiger partial charge >= 0.3 is 0 Å². The molecule has 1 aliphatic heterocycles. The second-order valence-corrected chi connectivity index (χ2v) is 6.30. The van der Waals surface area contributed by atoms with Gasteiger partial charge in [-0.3, -0.25) is 0 Å². The Morgan fingerprint density at radius 1 is 1.28 bits per heavy atom. The predicted molar refractivity (Wildman–Crippen MR) is 74.8 cm³/mol. The molecule has 0 bridgehead atoms. The van der Waals surface area contributed by atoms with Gasteiger partial charge < -0.3 is 10.0 Å². The first kappa shape index (κ1) is 13.6. The maximum absolute atomic E-state index is 11.2. The van der Waals surface area contributed by atoms with Crippen molar-refractivity contribution in [2.45, 2.75) is 45.8 Å². The Labute approximate surface area is 111 Å². The van der Waals surface area contributed by atoms with E-state index in [1.165, 1.54) is 16.0 Å².